The van der Waals surface area contributed by atoms with E-state index < -0.39 is 0 Å². The molecular formula is C28H31ClN2O2S. The Kier molecular flexibility index (Phi) is 7.31. The number of likely N-dealkylation sites (tertiary alicyclic amines) is 1. The highest BCUT2D eigenvalue weighted by molar-refractivity contribution is 8.04. The van der Waals surface area contributed by atoms with Crippen LogP contribution in [0, 0.1) is 0 Å². The molecule has 2 heterocycles. The normalized spacial score (nSPS) is 24.3. The Bertz CT molecular complexity index is 1080. The summed E-state index contributed by atoms with van der Waals surface area (Å²) >= 11 is 7.95. The lowest BCUT2D eigenvalue weighted by Crippen LogP contribution is -2.50. The zero-order valence-electron chi connectivity index (χ0n) is 19.4. The van der Waals surface area contributed by atoms with Crippen LogP contribution in [0.25, 0.3) is 6.08 Å². The van der Waals surface area contributed by atoms with E-state index in [-0.39, 0.29) is 17.9 Å². The van der Waals surface area contributed by atoms with E-state index in [1.807, 2.05) is 59.5 Å². The first-order chi connectivity index (χ1) is 16.6. The molecule has 2 unspecified atom stereocenters. The smallest absolute Gasteiger partial charge is 0.260 e. The molecule has 2 aliphatic heterocycles. The summed E-state index contributed by atoms with van der Waals surface area (Å²) in [5.74, 6) is 0.210. The van der Waals surface area contributed by atoms with Gasteiger partial charge in [0, 0.05) is 41.5 Å². The van der Waals surface area contributed by atoms with Crippen LogP contribution in [0.2, 0.25) is 5.02 Å². The maximum absolute atomic E-state index is 13.6. The Morgan fingerprint density at radius 3 is 2.53 bits per heavy atom. The van der Waals surface area contributed by atoms with Gasteiger partial charge in [-0.25, -0.2) is 0 Å². The molecule has 2 atom stereocenters. The fourth-order valence-corrected chi connectivity index (χ4v) is 7.03. The van der Waals surface area contributed by atoms with Crippen molar-refractivity contribution in [3.05, 3.63) is 75.1 Å². The van der Waals surface area contributed by atoms with Crippen molar-refractivity contribution < 1.29 is 9.59 Å². The van der Waals surface area contributed by atoms with Gasteiger partial charge in [0.25, 0.3) is 11.8 Å². The molecule has 178 valence electrons. The van der Waals surface area contributed by atoms with Gasteiger partial charge in [0.2, 0.25) is 0 Å². The molecule has 3 aliphatic rings. The predicted molar refractivity (Wildman–Crippen MR) is 140 cm³/mol. The second-order valence-electron chi connectivity index (χ2n) is 9.55. The molecule has 0 spiro atoms. The molecule has 0 radical (unpaired) electrons. The summed E-state index contributed by atoms with van der Waals surface area (Å²) in [4.78, 5) is 31.2. The van der Waals surface area contributed by atoms with Crippen molar-refractivity contribution in [3.8, 4) is 0 Å². The SMILES string of the molecule is O=C(c1ccc(/C=C2/SC3CCCCC3N(Cc3cccc(Cl)c3)C2=O)cc1)N1CCCCC1. The zero-order valence-corrected chi connectivity index (χ0v) is 21.0. The van der Waals surface area contributed by atoms with Crippen molar-refractivity contribution in [1.29, 1.82) is 0 Å². The van der Waals surface area contributed by atoms with E-state index in [1.54, 1.807) is 11.8 Å². The molecule has 1 aliphatic carbocycles. The van der Waals surface area contributed by atoms with Crippen molar-refractivity contribution in [2.45, 2.75) is 62.8 Å². The van der Waals surface area contributed by atoms with Gasteiger partial charge < -0.3 is 9.80 Å². The summed E-state index contributed by atoms with van der Waals surface area (Å²) in [6.45, 7) is 2.28. The lowest BCUT2D eigenvalue weighted by atomic mass is 9.92. The number of nitrogens with zero attached hydrogens (tertiary/aromatic N) is 2. The topological polar surface area (TPSA) is 40.6 Å². The van der Waals surface area contributed by atoms with E-state index in [1.165, 1.54) is 19.3 Å². The van der Waals surface area contributed by atoms with Gasteiger partial charge in [-0.15, -0.1) is 11.8 Å². The summed E-state index contributed by atoms with van der Waals surface area (Å²) in [6, 6.07) is 15.8. The third kappa shape index (κ3) is 5.21. The number of hydrogen-bond donors (Lipinski definition) is 0. The zero-order chi connectivity index (χ0) is 23.5. The molecule has 2 aromatic carbocycles. The van der Waals surface area contributed by atoms with E-state index in [2.05, 4.69) is 4.90 Å². The summed E-state index contributed by atoms with van der Waals surface area (Å²) in [7, 11) is 0. The first-order valence-electron chi connectivity index (χ1n) is 12.4. The van der Waals surface area contributed by atoms with Gasteiger partial charge in [-0.3, -0.25) is 9.59 Å². The molecule has 6 heteroatoms. The van der Waals surface area contributed by atoms with E-state index in [4.69, 9.17) is 11.6 Å². The van der Waals surface area contributed by atoms with Crippen LogP contribution in [0.3, 0.4) is 0 Å². The third-order valence-corrected chi connectivity index (χ3v) is 8.79. The van der Waals surface area contributed by atoms with Gasteiger partial charge in [-0.1, -0.05) is 48.7 Å². The molecule has 4 nitrogen and oxygen atoms in total. The Labute approximate surface area is 211 Å². The number of thioether (sulfide) groups is 1. The Morgan fingerprint density at radius 1 is 1.00 bits per heavy atom. The number of rotatable bonds is 4. The maximum atomic E-state index is 13.6. The molecule has 5 rings (SSSR count). The van der Waals surface area contributed by atoms with Crippen molar-refractivity contribution in [2.24, 2.45) is 0 Å². The van der Waals surface area contributed by atoms with Gasteiger partial charge in [0.1, 0.15) is 0 Å². The monoisotopic (exact) mass is 494 g/mol. The van der Waals surface area contributed by atoms with Gasteiger partial charge in [-0.2, -0.15) is 0 Å². The van der Waals surface area contributed by atoms with Crippen LogP contribution >= 0.6 is 23.4 Å². The van der Waals surface area contributed by atoms with Crippen LogP contribution in [-0.2, 0) is 11.3 Å². The number of benzene rings is 2. The van der Waals surface area contributed by atoms with Crippen molar-refractivity contribution in [1.82, 2.24) is 9.80 Å². The number of fused-ring (bicyclic) bond motifs is 1. The van der Waals surface area contributed by atoms with E-state index in [0.717, 1.165) is 60.4 Å². The van der Waals surface area contributed by atoms with E-state index >= 15 is 0 Å². The summed E-state index contributed by atoms with van der Waals surface area (Å²) in [6.07, 6.45) is 9.96. The van der Waals surface area contributed by atoms with Crippen molar-refractivity contribution >= 4 is 41.3 Å². The molecular weight excluding hydrogens is 464 g/mol. The third-order valence-electron chi connectivity index (χ3n) is 7.16. The number of halogens is 1. The highest BCUT2D eigenvalue weighted by Crippen LogP contribution is 2.42. The average molecular weight is 495 g/mol. The summed E-state index contributed by atoms with van der Waals surface area (Å²) in [5, 5.41) is 1.13. The van der Waals surface area contributed by atoms with E-state index in [9.17, 15) is 9.59 Å². The van der Waals surface area contributed by atoms with Crippen LogP contribution in [-0.4, -0.2) is 46.0 Å². The first-order valence-corrected chi connectivity index (χ1v) is 13.7. The highest BCUT2D eigenvalue weighted by Gasteiger charge is 2.40. The Balaban J connectivity index is 1.36. The van der Waals surface area contributed by atoms with Gasteiger partial charge in [-0.05, 0) is 73.6 Å². The van der Waals surface area contributed by atoms with Crippen molar-refractivity contribution in [3.63, 3.8) is 0 Å². The molecule has 2 amide bonds. The van der Waals surface area contributed by atoms with Crippen molar-refractivity contribution in [2.75, 3.05) is 13.1 Å². The largest absolute Gasteiger partial charge is 0.339 e. The van der Waals surface area contributed by atoms with Crippen LogP contribution in [0.4, 0.5) is 0 Å². The first kappa shape index (κ1) is 23.5. The molecule has 3 fully saturated rings. The quantitative estimate of drug-likeness (QED) is 0.462. The van der Waals surface area contributed by atoms with Crippen LogP contribution in [0.1, 0.15) is 66.4 Å². The summed E-state index contributed by atoms with van der Waals surface area (Å²) in [5.41, 5.74) is 2.75. The average Bonchev–Trinajstić information content (AvgIpc) is 2.87. The Morgan fingerprint density at radius 2 is 1.76 bits per heavy atom. The fraction of sp³-hybridized carbons (Fsp3) is 0.429. The number of piperidine rings is 1. The molecule has 0 bridgehead atoms. The van der Waals surface area contributed by atoms with Crippen LogP contribution < -0.4 is 0 Å². The minimum Gasteiger partial charge on any atom is -0.339 e. The molecule has 2 aromatic rings. The van der Waals surface area contributed by atoms with Gasteiger partial charge in [0.15, 0.2) is 0 Å². The second kappa shape index (κ2) is 10.6. The number of hydrogen-bond acceptors (Lipinski definition) is 3. The predicted octanol–water partition coefficient (Wildman–Crippen LogP) is 6.39. The summed E-state index contributed by atoms with van der Waals surface area (Å²) < 4.78 is 0. The minimum absolute atomic E-state index is 0.0987. The fourth-order valence-electron chi connectivity index (χ4n) is 5.35. The molecule has 0 aromatic heterocycles. The Hall–Kier alpha value is -2.24. The maximum Gasteiger partial charge on any atom is 0.260 e. The lowest BCUT2D eigenvalue weighted by Gasteiger charge is -2.44. The highest BCUT2D eigenvalue weighted by atomic mass is 35.5. The van der Waals surface area contributed by atoms with Crippen LogP contribution in [0.15, 0.2) is 53.4 Å². The minimum atomic E-state index is 0.0987. The number of carbonyl (C=O) groups excluding carboxylic acids is 2. The number of amides is 2. The van der Waals surface area contributed by atoms with Crippen LogP contribution in [0.5, 0.6) is 0 Å². The standard InChI is InChI=1S/C28H31ClN2O2S/c29-23-8-6-7-21(17-23)19-31-24-9-2-3-10-25(24)34-26(28(31)33)18-20-11-13-22(14-12-20)27(32)30-15-4-1-5-16-30/h6-8,11-14,17-18,24-25H,1-5,9-10,15-16,19H2/b26-18+. The lowest BCUT2D eigenvalue weighted by molar-refractivity contribution is -0.130. The molecule has 34 heavy (non-hydrogen) atoms. The molecule has 1 saturated carbocycles. The second-order valence-corrected chi connectivity index (χ2v) is 11.3. The molecule has 0 N–H and O–H groups in total. The van der Waals surface area contributed by atoms with Gasteiger partial charge >= 0.3 is 0 Å². The van der Waals surface area contributed by atoms with E-state index in [0.29, 0.717) is 16.8 Å². The molecule has 2 saturated heterocycles. The van der Waals surface area contributed by atoms with Gasteiger partial charge in [0.05, 0.1) is 4.91 Å². The number of carbonyl (C=O) groups is 2.